The standard InChI is InChI=1S/C18H19N3O4S/c1-11(22)19-10-15-4-5-16(26-15)18-20-17(25-21-18)8-12-6-13(23-2)9-14(7-12)24-3/h4-7,9H,8,10H2,1-3H3,(H,19,22). The lowest BCUT2D eigenvalue weighted by atomic mass is 10.1. The Kier molecular flexibility index (Phi) is 5.52. The highest BCUT2D eigenvalue weighted by molar-refractivity contribution is 7.15. The molecule has 0 fully saturated rings. The summed E-state index contributed by atoms with van der Waals surface area (Å²) in [5, 5.41) is 6.82. The summed E-state index contributed by atoms with van der Waals surface area (Å²) in [7, 11) is 3.22. The summed E-state index contributed by atoms with van der Waals surface area (Å²) < 4.78 is 15.9. The number of benzene rings is 1. The van der Waals surface area contributed by atoms with Gasteiger partial charge in [-0.2, -0.15) is 4.98 Å². The maximum Gasteiger partial charge on any atom is 0.231 e. The minimum atomic E-state index is -0.0597. The van der Waals surface area contributed by atoms with Crippen LogP contribution in [0.4, 0.5) is 0 Å². The Bertz CT molecular complexity index is 881. The molecular formula is C18H19N3O4S. The summed E-state index contributed by atoms with van der Waals surface area (Å²) in [4.78, 5) is 17.4. The molecule has 0 aliphatic carbocycles. The van der Waals surface area contributed by atoms with Gasteiger partial charge in [0.05, 0.1) is 32.1 Å². The first-order chi connectivity index (χ1) is 12.6. The molecule has 8 heteroatoms. The molecule has 0 saturated carbocycles. The summed E-state index contributed by atoms with van der Waals surface area (Å²) in [6, 6.07) is 9.49. The maximum atomic E-state index is 11.0. The van der Waals surface area contributed by atoms with Crippen LogP contribution in [-0.2, 0) is 17.8 Å². The van der Waals surface area contributed by atoms with Crippen LogP contribution >= 0.6 is 11.3 Å². The molecular weight excluding hydrogens is 354 g/mol. The van der Waals surface area contributed by atoms with E-state index in [2.05, 4.69) is 15.5 Å². The number of carbonyl (C=O) groups is 1. The number of methoxy groups -OCH3 is 2. The monoisotopic (exact) mass is 373 g/mol. The van der Waals surface area contributed by atoms with Crippen molar-refractivity contribution < 1.29 is 18.8 Å². The van der Waals surface area contributed by atoms with Crippen molar-refractivity contribution in [2.45, 2.75) is 19.9 Å². The minimum Gasteiger partial charge on any atom is -0.497 e. The Morgan fingerprint density at radius 1 is 1.19 bits per heavy atom. The van der Waals surface area contributed by atoms with E-state index >= 15 is 0 Å². The van der Waals surface area contributed by atoms with E-state index in [4.69, 9.17) is 14.0 Å². The number of hydrogen-bond acceptors (Lipinski definition) is 7. The van der Waals surface area contributed by atoms with E-state index in [9.17, 15) is 4.79 Å². The summed E-state index contributed by atoms with van der Waals surface area (Å²) in [6.07, 6.45) is 0.477. The number of carbonyl (C=O) groups excluding carboxylic acids is 1. The van der Waals surface area contributed by atoms with E-state index in [-0.39, 0.29) is 5.91 Å². The molecule has 26 heavy (non-hydrogen) atoms. The molecule has 0 unspecified atom stereocenters. The van der Waals surface area contributed by atoms with Crippen LogP contribution in [0.25, 0.3) is 10.7 Å². The van der Waals surface area contributed by atoms with Crippen LogP contribution in [0.3, 0.4) is 0 Å². The second-order valence-electron chi connectivity index (χ2n) is 5.59. The van der Waals surface area contributed by atoms with Crippen LogP contribution in [0.5, 0.6) is 11.5 Å². The van der Waals surface area contributed by atoms with Gasteiger partial charge in [0.2, 0.25) is 17.6 Å². The van der Waals surface area contributed by atoms with Gasteiger partial charge in [0.1, 0.15) is 11.5 Å². The molecule has 2 aromatic heterocycles. The lowest BCUT2D eigenvalue weighted by Crippen LogP contribution is -2.17. The van der Waals surface area contributed by atoms with Crippen molar-refractivity contribution in [1.82, 2.24) is 15.5 Å². The van der Waals surface area contributed by atoms with E-state index in [1.807, 2.05) is 30.3 Å². The van der Waals surface area contributed by atoms with E-state index in [1.54, 1.807) is 14.2 Å². The Hall–Kier alpha value is -2.87. The fourth-order valence-electron chi connectivity index (χ4n) is 2.37. The summed E-state index contributed by atoms with van der Waals surface area (Å²) in [5.74, 6) is 2.40. The van der Waals surface area contributed by atoms with Gasteiger partial charge in [0.15, 0.2) is 0 Å². The number of thiophene rings is 1. The largest absolute Gasteiger partial charge is 0.497 e. The lowest BCUT2D eigenvalue weighted by Gasteiger charge is -2.06. The predicted octanol–water partition coefficient (Wildman–Crippen LogP) is 3.04. The van der Waals surface area contributed by atoms with Crippen molar-refractivity contribution in [3.05, 3.63) is 46.7 Å². The van der Waals surface area contributed by atoms with E-state index in [1.165, 1.54) is 18.3 Å². The summed E-state index contributed by atoms with van der Waals surface area (Å²) in [6.45, 7) is 1.99. The average Bonchev–Trinajstić information content (AvgIpc) is 3.28. The molecule has 7 nitrogen and oxygen atoms in total. The van der Waals surface area contributed by atoms with Crippen molar-refractivity contribution in [2.24, 2.45) is 0 Å². The van der Waals surface area contributed by atoms with Gasteiger partial charge in [-0.05, 0) is 29.8 Å². The second kappa shape index (κ2) is 8.01. The number of amides is 1. The van der Waals surface area contributed by atoms with E-state index in [0.29, 0.717) is 36.2 Å². The molecule has 3 aromatic rings. The first-order valence-corrected chi connectivity index (χ1v) is 8.77. The predicted molar refractivity (Wildman–Crippen MR) is 97.5 cm³/mol. The quantitative estimate of drug-likeness (QED) is 0.685. The SMILES string of the molecule is COc1cc(Cc2nc(-c3ccc(CNC(C)=O)s3)no2)cc(OC)c1. The third kappa shape index (κ3) is 4.40. The molecule has 0 radical (unpaired) electrons. The average molecular weight is 373 g/mol. The van der Waals surface area contributed by atoms with Gasteiger partial charge < -0.3 is 19.3 Å². The number of nitrogens with one attached hydrogen (secondary N) is 1. The molecule has 0 saturated heterocycles. The van der Waals surface area contributed by atoms with Crippen molar-refractivity contribution in [2.75, 3.05) is 14.2 Å². The van der Waals surface area contributed by atoms with Crippen molar-refractivity contribution in [3.63, 3.8) is 0 Å². The van der Waals surface area contributed by atoms with Gasteiger partial charge in [-0.25, -0.2) is 0 Å². The smallest absolute Gasteiger partial charge is 0.231 e. The van der Waals surface area contributed by atoms with Crippen LogP contribution in [0.15, 0.2) is 34.9 Å². The molecule has 136 valence electrons. The minimum absolute atomic E-state index is 0.0597. The maximum absolute atomic E-state index is 11.0. The number of ether oxygens (including phenoxy) is 2. The molecule has 0 aliphatic rings. The number of nitrogens with zero attached hydrogens (tertiary/aromatic N) is 2. The third-order valence-corrected chi connectivity index (χ3v) is 4.71. The number of hydrogen-bond donors (Lipinski definition) is 1. The number of rotatable bonds is 7. The molecule has 3 rings (SSSR count). The normalized spacial score (nSPS) is 10.6. The highest BCUT2D eigenvalue weighted by atomic mass is 32.1. The molecule has 1 aromatic carbocycles. The van der Waals surface area contributed by atoms with Crippen molar-refractivity contribution >= 4 is 17.2 Å². The fraction of sp³-hybridized carbons (Fsp3) is 0.278. The van der Waals surface area contributed by atoms with Gasteiger partial charge in [0.25, 0.3) is 0 Å². The van der Waals surface area contributed by atoms with Gasteiger partial charge in [0, 0.05) is 17.9 Å². The topological polar surface area (TPSA) is 86.5 Å². The van der Waals surface area contributed by atoms with Crippen LogP contribution in [0.1, 0.15) is 23.3 Å². The van der Waals surface area contributed by atoms with E-state index < -0.39 is 0 Å². The summed E-state index contributed by atoms with van der Waals surface area (Å²) in [5.41, 5.74) is 0.953. The van der Waals surface area contributed by atoms with Crippen LogP contribution in [0, 0.1) is 0 Å². The van der Waals surface area contributed by atoms with Gasteiger partial charge in [-0.1, -0.05) is 5.16 Å². The first kappa shape index (κ1) is 17.9. The molecule has 0 atom stereocenters. The molecule has 1 N–H and O–H groups in total. The van der Waals surface area contributed by atoms with Gasteiger partial charge >= 0.3 is 0 Å². The summed E-state index contributed by atoms with van der Waals surface area (Å²) >= 11 is 1.52. The van der Waals surface area contributed by atoms with E-state index in [0.717, 1.165) is 15.3 Å². The third-order valence-electron chi connectivity index (χ3n) is 3.63. The Morgan fingerprint density at radius 2 is 1.92 bits per heavy atom. The van der Waals surface area contributed by atoms with Crippen molar-refractivity contribution in [3.8, 4) is 22.2 Å². The van der Waals surface area contributed by atoms with Crippen LogP contribution in [-0.4, -0.2) is 30.3 Å². The molecule has 1 amide bonds. The number of aromatic nitrogens is 2. The fourth-order valence-corrected chi connectivity index (χ4v) is 3.25. The second-order valence-corrected chi connectivity index (χ2v) is 6.75. The first-order valence-electron chi connectivity index (χ1n) is 7.95. The van der Waals surface area contributed by atoms with Crippen molar-refractivity contribution in [1.29, 1.82) is 0 Å². The lowest BCUT2D eigenvalue weighted by molar-refractivity contribution is -0.119. The molecule has 0 aliphatic heterocycles. The van der Waals surface area contributed by atoms with Gasteiger partial charge in [-0.3, -0.25) is 4.79 Å². The molecule has 0 spiro atoms. The zero-order valence-corrected chi connectivity index (χ0v) is 15.6. The zero-order chi connectivity index (χ0) is 18.5. The molecule has 0 bridgehead atoms. The van der Waals surface area contributed by atoms with Crippen LogP contribution in [0.2, 0.25) is 0 Å². The highest BCUT2D eigenvalue weighted by Gasteiger charge is 2.13. The Labute approximate surface area is 154 Å². The van der Waals surface area contributed by atoms with Gasteiger partial charge in [-0.15, -0.1) is 11.3 Å². The Morgan fingerprint density at radius 3 is 2.58 bits per heavy atom. The zero-order valence-electron chi connectivity index (χ0n) is 14.7. The Balaban J connectivity index is 1.73. The molecule has 2 heterocycles. The van der Waals surface area contributed by atoms with Crippen LogP contribution < -0.4 is 14.8 Å². The highest BCUT2D eigenvalue weighted by Crippen LogP contribution is 2.27.